The minimum atomic E-state index is -0.632. The molecule has 0 saturated heterocycles. The van der Waals surface area contributed by atoms with Gasteiger partial charge < -0.3 is 4.84 Å². The molecule has 1 heterocycles. The van der Waals surface area contributed by atoms with E-state index in [0.717, 1.165) is 5.56 Å². The number of hydrogen-bond acceptors (Lipinski definition) is 3. The van der Waals surface area contributed by atoms with Gasteiger partial charge in [-0.15, -0.1) is 0 Å². The molecule has 0 amide bonds. The Morgan fingerprint density at radius 3 is 2.92 bits per heavy atom. The summed E-state index contributed by atoms with van der Waals surface area (Å²) in [5.41, 5.74) is 0.834. The Morgan fingerprint density at radius 1 is 1.38 bits per heavy atom. The number of hydrazine groups is 1. The Hall–Kier alpha value is -2.04. The lowest BCUT2D eigenvalue weighted by atomic mass is 10.2. The van der Waals surface area contributed by atoms with Crippen molar-refractivity contribution < 1.29 is 9.87 Å². The van der Waals surface area contributed by atoms with Crippen LogP contribution in [0.1, 0.15) is 5.56 Å². The second kappa shape index (κ2) is 2.78. The van der Waals surface area contributed by atoms with Gasteiger partial charge in [0, 0.05) is 5.56 Å². The maximum absolute atomic E-state index is 10.3. The van der Waals surface area contributed by atoms with Gasteiger partial charge in [0.15, 0.2) is 5.75 Å². The molecule has 0 bridgehead atoms. The van der Waals surface area contributed by atoms with Crippen LogP contribution in [0.3, 0.4) is 0 Å². The second-order valence-corrected chi connectivity index (χ2v) is 2.49. The Labute approximate surface area is 73.9 Å². The fourth-order valence-corrected chi connectivity index (χ4v) is 1.06. The van der Waals surface area contributed by atoms with Gasteiger partial charge in [0.05, 0.1) is 5.17 Å². The first-order valence-corrected chi connectivity index (χ1v) is 3.66. The van der Waals surface area contributed by atoms with E-state index in [9.17, 15) is 10.1 Å². The van der Waals surface area contributed by atoms with Crippen molar-refractivity contribution in [3.63, 3.8) is 0 Å². The zero-order valence-corrected chi connectivity index (χ0v) is 6.58. The van der Waals surface area contributed by atoms with E-state index in [2.05, 4.69) is 0 Å². The third kappa shape index (κ3) is 1.31. The van der Waals surface area contributed by atoms with Crippen LogP contribution in [0.25, 0.3) is 6.08 Å². The molecule has 1 aromatic rings. The fourth-order valence-electron chi connectivity index (χ4n) is 1.06. The molecule has 1 aromatic carbocycles. The lowest BCUT2D eigenvalue weighted by molar-refractivity contribution is -0.700. The zero-order chi connectivity index (χ0) is 9.26. The van der Waals surface area contributed by atoms with Gasteiger partial charge in [0.25, 0.3) is 0 Å². The highest BCUT2D eigenvalue weighted by Gasteiger charge is 2.18. The van der Waals surface area contributed by atoms with E-state index in [1.165, 1.54) is 6.20 Å². The molecule has 5 heteroatoms. The molecule has 0 unspecified atom stereocenters. The highest BCUT2D eigenvalue weighted by atomic mass is 16.8. The minimum Gasteiger partial charge on any atom is -0.324 e. The third-order valence-corrected chi connectivity index (χ3v) is 1.65. The Kier molecular flexibility index (Phi) is 1.63. The van der Waals surface area contributed by atoms with Gasteiger partial charge in [-0.05, 0) is 12.1 Å². The molecule has 5 nitrogen and oxygen atoms in total. The van der Waals surface area contributed by atoms with Gasteiger partial charge >= 0.3 is 0 Å². The van der Waals surface area contributed by atoms with Crippen molar-refractivity contribution in [2.45, 2.75) is 0 Å². The molecule has 1 aliphatic rings. The van der Waals surface area contributed by atoms with Crippen LogP contribution in [0.5, 0.6) is 5.75 Å². The largest absolute Gasteiger partial charge is 0.324 e. The van der Waals surface area contributed by atoms with Crippen molar-refractivity contribution in [2.24, 2.45) is 0 Å². The van der Waals surface area contributed by atoms with Gasteiger partial charge in [-0.3, -0.25) is 0 Å². The SMILES string of the molecule is O=[N+]([O-])N1C=Cc2ccccc2O1. The number of nitrogens with zero attached hydrogens (tertiary/aromatic N) is 2. The molecule has 0 atom stereocenters. The van der Waals surface area contributed by atoms with Crippen LogP contribution in [0.15, 0.2) is 30.5 Å². The quantitative estimate of drug-likeness (QED) is 0.482. The molecule has 66 valence electrons. The van der Waals surface area contributed by atoms with Crippen LogP contribution < -0.4 is 4.84 Å². The molecule has 13 heavy (non-hydrogen) atoms. The van der Waals surface area contributed by atoms with E-state index in [1.807, 2.05) is 12.1 Å². The summed E-state index contributed by atoms with van der Waals surface area (Å²) in [7, 11) is 0. The van der Waals surface area contributed by atoms with E-state index in [0.29, 0.717) is 10.9 Å². The van der Waals surface area contributed by atoms with Crippen molar-refractivity contribution >= 4 is 6.08 Å². The number of hydrogen-bond donors (Lipinski definition) is 0. The zero-order valence-electron chi connectivity index (χ0n) is 6.58. The number of rotatable bonds is 1. The van der Waals surface area contributed by atoms with E-state index in [4.69, 9.17) is 4.84 Å². The second-order valence-electron chi connectivity index (χ2n) is 2.49. The molecule has 2 rings (SSSR count). The van der Waals surface area contributed by atoms with E-state index >= 15 is 0 Å². The van der Waals surface area contributed by atoms with Crippen molar-refractivity contribution in [2.75, 3.05) is 0 Å². The molecular weight excluding hydrogens is 172 g/mol. The topological polar surface area (TPSA) is 55.6 Å². The summed E-state index contributed by atoms with van der Waals surface area (Å²) in [4.78, 5) is 15.3. The molecule has 0 aliphatic carbocycles. The number of benzene rings is 1. The number of nitro groups is 1. The van der Waals surface area contributed by atoms with E-state index < -0.39 is 5.03 Å². The van der Waals surface area contributed by atoms with Crippen LogP contribution >= 0.6 is 0 Å². The van der Waals surface area contributed by atoms with Gasteiger partial charge in [0.1, 0.15) is 6.20 Å². The lowest BCUT2D eigenvalue weighted by Gasteiger charge is -2.15. The Morgan fingerprint density at radius 2 is 2.15 bits per heavy atom. The summed E-state index contributed by atoms with van der Waals surface area (Å²) in [6.07, 6.45) is 2.89. The van der Waals surface area contributed by atoms with Crippen LogP contribution in [0.2, 0.25) is 0 Å². The molecule has 0 aromatic heterocycles. The summed E-state index contributed by atoms with van der Waals surface area (Å²) in [6.45, 7) is 0. The van der Waals surface area contributed by atoms with E-state index in [1.54, 1.807) is 18.2 Å². The first-order valence-electron chi connectivity index (χ1n) is 3.66. The van der Waals surface area contributed by atoms with Crippen molar-refractivity contribution in [3.05, 3.63) is 46.1 Å². The van der Waals surface area contributed by atoms with Crippen molar-refractivity contribution in [3.8, 4) is 5.75 Å². The summed E-state index contributed by atoms with van der Waals surface area (Å²) in [6, 6.07) is 7.10. The Balaban J connectivity index is 2.34. The first kappa shape index (κ1) is 7.60. The monoisotopic (exact) mass is 178 g/mol. The summed E-state index contributed by atoms with van der Waals surface area (Å²) in [5, 5.41) is 10.3. The summed E-state index contributed by atoms with van der Waals surface area (Å²) < 4.78 is 0. The van der Waals surface area contributed by atoms with Gasteiger partial charge in [0.2, 0.25) is 5.03 Å². The normalized spacial score (nSPS) is 13.4. The first-order chi connectivity index (χ1) is 6.27. The van der Waals surface area contributed by atoms with Gasteiger partial charge in [-0.25, -0.2) is 10.1 Å². The number of fused-ring (bicyclic) bond motifs is 1. The molecule has 0 saturated carbocycles. The Bertz CT molecular complexity index is 375. The van der Waals surface area contributed by atoms with Crippen LogP contribution in [0.4, 0.5) is 0 Å². The fraction of sp³-hybridized carbons (Fsp3) is 0. The molecule has 0 radical (unpaired) electrons. The predicted octanol–water partition coefficient (Wildman–Crippen LogP) is 1.46. The number of para-hydroxylation sites is 1. The molecular formula is C8H6N2O3. The standard InChI is InChI=1S/C8H6N2O3/c11-10(12)9-6-5-7-3-1-2-4-8(7)13-9/h1-6H. The average Bonchev–Trinajstić information content (AvgIpc) is 2.17. The highest BCUT2D eigenvalue weighted by Crippen LogP contribution is 2.24. The van der Waals surface area contributed by atoms with Gasteiger partial charge in [-0.2, -0.15) is 0 Å². The van der Waals surface area contributed by atoms with Crippen LogP contribution in [-0.4, -0.2) is 10.2 Å². The van der Waals surface area contributed by atoms with Crippen LogP contribution in [0, 0.1) is 10.1 Å². The van der Waals surface area contributed by atoms with E-state index in [-0.39, 0.29) is 0 Å². The van der Waals surface area contributed by atoms with Gasteiger partial charge in [-0.1, -0.05) is 18.2 Å². The molecule has 0 fully saturated rings. The average molecular weight is 178 g/mol. The number of hydroxylamine groups is 1. The summed E-state index contributed by atoms with van der Waals surface area (Å²) >= 11 is 0. The molecule has 0 N–H and O–H groups in total. The molecule has 1 aliphatic heterocycles. The predicted molar refractivity (Wildman–Crippen MR) is 44.9 cm³/mol. The lowest BCUT2D eigenvalue weighted by Crippen LogP contribution is -2.29. The van der Waals surface area contributed by atoms with Crippen LogP contribution in [-0.2, 0) is 0 Å². The maximum Gasteiger partial charge on any atom is 0.201 e. The van der Waals surface area contributed by atoms with Crippen molar-refractivity contribution in [1.82, 2.24) is 5.17 Å². The smallest absolute Gasteiger partial charge is 0.201 e. The molecule has 0 spiro atoms. The van der Waals surface area contributed by atoms with Crippen molar-refractivity contribution in [1.29, 1.82) is 0 Å². The third-order valence-electron chi connectivity index (χ3n) is 1.65. The summed E-state index contributed by atoms with van der Waals surface area (Å²) in [5.74, 6) is 0.488. The maximum atomic E-state index is 10.3. The highest BCUT2D eigenvalue weighted by molar-refractivity contribution is 5.57. The minimum absolute atomic E-state index is 0.488.